The molecule has 0 heterocycles. The number of amides is 2. The molecule has 1 aromatic rings. The number of rotatable bonds is 9. The fraction of sp³-hybridized carbons (Fsp3) is 0.267. The third-order valence-corrected chi connectivity index (χ3v) is 3.48. The molecule has 1 rings (SSSR count). The number of hydrogen-bond acceptors (Lipinski definition) is 4. The molecule has 0 aliphatic heterocycles. The maximum absolute atomic E-state index is 11.9. The number of halogens is 2. The van der Waals surface area contributed by atoms with Crippen molar-refractivity contribution < 1.29 is 24.2 Å². The van der Waals surface area contributed by atoms with Crippen molar-refractivity contribution in [3.63, 3.8) is 0 Å². The van der Waals surface area contributed by atoms with E-state index in [0.717, 1.165) is 0 Å². The number of benzene rings is 1. The maximum atomic E-state index is 11.9. The van der Waals surface area contributed by atoms with Crippen LogP contribution < -0.4 is 10.6 Å². The highest BCUT2D eigenvalue weighted by atomic mass is 35.5. The molecule has 0 spiro atoms. The summed E-state index contributed by atoms with van der Waals surface area (Å²) in [6, 6.07) is 3.04. The van der Waals surface area contributed by atoms with Gasteiger partial charge in [0, 0.05) is 5.56 Å². The predicted octanol–water partition coefficient (Wildman–Crippen LogP) is 1.50. The van der Waals surface area contributed by atoms with Gasteiger partial charge in [-0.2, -0.15) is 0 Å². The lowest BCUT2D eigenvalue weighted by Gasteiger charge is -2.14. The Morgan fingerprint density at radius 2 is 2.00 bits per heavy atom. The van der Waals surface area contributed by atoms with Gasteiger partial charge < -0.3 is 20.5 Å². The molecule has 1 atom stereocenters. The molecule has 0 bridgehead atoms. The molecule has 1 aromatic carbocycles. The number of carboxylic acid groups (broad SMARTS) is 1. The highest BCUT2D eigenvalue weighted by Crippen LogP contribution is 2.22. The number of carbonyl (C=O) groups excluding carboxylic acids is 2. The molecule has 0 radical (unpaired) electrons. The van der Waals surface area contributed by atoms with Crippen molar-refractivity contribution in [2.75, 3.05) is 19.8 Å². The van der Waals surface area contributed by atoms with Gasteiger partial charge in [-0.05, 0) is 18.2 Å². The minimum atomic E-state index is -1.25. The van der Waals surface area contributed by atoms with Crippen LogP contribution in [-0.4, -0.2) is 48.7 Å². The number of carbonyl (C=O) groups is 3. The highest BCUT2D eigenvalue weighted by molar-refractivity contribution is 6.42. The smallest absolute Gasteiger partial charge is 0.328 e. The van der Waals surface area contributed by atoms with Gasteiger partial charge in [-0.3, -0.25) is 9.59 Å². The summed E-state index contributed by atoms with van der Waals surface area (Å²) in [5, 5.41) is 14.1. The highest BCUT2D eigenvalue weighted by Gasteiger charge is 2.20. The molecule has 0 aliphatic rings. The number of nitrogens with one attached hydrogen (secondary N) is 2. The van der Waals surface area contributed by atoms with Crippen molar-refractivity contribution in [2.45, 2.75) is 6.04 Å². The van der Waals surface area contributed by atoms with Crippen LogP contribution in [0.4, 0.5) is 0 Å². The van der Waals surface area contributed by atoms with Gasteiger partial charge in [0.25, 0.3) is 5.91 Å². The van der Waals surface area contributed by atoms with Crippen LogP contribution in [0.5, 0.6) is 0 Å². The van der Waals surface area contributed by atoms with Gasteiger partial charge in [-0.15, -0.1) is 6.58 Å². The van der Waals surface area contributed by atoms with Crippen LogP contribution in [0.15, 0.2) is 30.9 Å². The van der Waals surface area contributed by atoms with E-state index >= 15 is 0 Å². The Kier molecular flexibility index (Phi) is 8.25. The number of ether oxygens (including phenoxy) is 1. The van der Waals surface area contributed by atoms with Gasteiger partial charge >= 0.3 is 5.97 Å². The van der Waals surface area contributed by atoms with Crippen molar-refractivity contribution in [2.24, 2.45) is 0 Å². The quantitative estimate of drug-likeness (QED) is 0.448. The van der Waals surface area contributed by atoms with Crippen molar-refractivity contribution >= 4 is 41.0 Å². The number of aliphatic carboxylic acids is 1. The van der Waals surface area contributed by atoms with Crippen LogP contribution in [0.2, 0.25) is 10.0 Å². The van der Waals surface area contributed by atoms with E-state index in [0.29, 0.717) is 5.02 Å². The minimum Gasteiger partial charge on any atom is -0.480 e. The summed E-state index contributed by atoms with van der Waals surface area (Å²) in [6.07, 6.45) is 1.46. The lowest BCUT2D eigenvalue weighted by molar-refractivity contribution is -0.143. The lowest BCUT2D eigenvalue weighted by Crippen LogP contribution is -2.47. The van der Waals surface area contributed by atoms with E-state index in [1.807, 2.05) is 0 Å². The minimum absolute atomic E-state index is 0.160. The van der Waals surface area contributed by atoms with Gasteiger partial charge in [-0.25, -0.2) is 4.79 Å². The Morgan fingerprint density at radius 3 is 2.58 bits per heavy atom. The zero-order valence-electron chi connectivity index (χ0n) is 12.6. The Balaban J connectivity index is 2.51. The first-order valence-corrected chi connectivity index (χ1v) is 7.54. The first kappa shape index (κ1) is 20.0. The van der Waals surface area contributed by atoms with Crippen molar-refractivity contribution in [3.05, 3.63) is 46.5 Å². The van der Waals surface area contributed by atoms with Gasteiger partial charge in [0.2, 0.25) is 5.91 Å². The summed E-state index contributed by atoms with van der Waals surface area (Å²) < 4.78 is 5.00. The summed E-state index contributed by atoms with van der Waals surface area (Å²) in [5.74, 6) is -2.46. The van der Waals surface area contributed by atoms with E-state index in [9.17, 15) is 14.4 Å². The largest absolute Gasteiger partial charge is 0.480 e. The molecule has 7 nitrogen and oxygen atoms in total. The van der Waals surface area contributed by atoms with Crippen LogP contribution in [0.25, 0.3) is 0 Å². The summed E-state index contributed by atoms with van der Waals surface area (Å²) in [7, 11) is 0. The van der Waals surface area contributed by atoms with Gasteiger partial charge in [0.15, 0.2) is 6.04 Å². The Hall–Kier alpha value is -2.09. The fourth-order valence-electron chi connectivity index (χ4n) is 1.59. The summed E-state index contributed by atoms with van der Waals surface area (Å²) in [6.45, 7) is 2.98. The van der Waals surface area contributed by atoms with Gasteiger partial charge in [0.05, 0.1) is 29.8 Å². The molecule has 0 saturated heterocycles. The SMILES string of the molecule is C=CCOCC(NC(=O)CNC(=O)c1ccc(Cl)c(Cl)c1)C(=O)O. The molecule has 1 unspecified atom stereocenters. The second-order valence-electron chi connectivity index (χ2n) is 4.60. The predicted molar refractivity (Wildman–Crippen MR) is 89.4 cm³/mol. The van der Waals surface area contributed by atoms with Crippen LogP contribution in [0.3, 0.4) is 0 Å². The second-order valence-corrected chi connectivity index (χ2v) is 5.41. The average Bonchev–Trinajstić information content (AvgIpc) is 2.54. The third-order valence-electron chi connectivity index (χ3n) is 2.74. The molecular weight excluding hydrogens is 359 g/mol. The van der Waals surface area contributed by atoms with E-state index in [4.69, 9.17) is 33.0 Å². The molecule has 24 heavy (non-hydrogen) atoms. The summed E-state index contributed by atoms with van der Waals surface area (Å²) in [5.41, 5.74) is 0.223. The zero-order valence-corrected chi connectivity index (χ0v) is 14.1. The number of carboxylic acids is 1. The molecular formula is C15H16Cl2N2O5. The van der Waals surface area contributed by atoms with Crippen LogP contribution >= 0.6 is 23.2 Å². The van der Waals surface area contributed by atoms with E-state index in [2.05, 4.69) is 17.2 Å². The second kappa shape index (κ2) is 9.92. The lowest BCUT2D eigenvalue weighted by atomic mass is 10.2. The van der Waals surface area contributed by atoms with Crippen LogP contribution in [-0.2, 0) is 14.3 Å². The van der Waals surface area contributed by atoms with E-state index in [1.54, 1.807) is 0 Å². The Labute approximate surface area is 148 Å². The molecule has 130 valence electrons. The Morgan fingerprint density at radius 1 is 1.29 bits per heavy atom. The molecule has 2 amide bonds. The molecule has 9 heteroatoms. The van der Waals surface area contributed by atoms with Crippen LogP contribution in [0.1, 0.15) is 10.4 Å². The van der Waals surface area contributed by atoms with Crippen molar-refractivity contribution in [1.82, 2.24) is 10.6 Å². The third kappa shape index (κ3) is 6.57. The standard InChI is InChI=1S/C15H16Cl2N2O5/c1-2-5-24-8-12(15(22)23)19-13(20)7-18-14(21)9-3-4-10(16)11(17)6-9/h2-4,6,12H,1,5,7-8H2,(H,18,21)(H,19,20)(H,22,23). The topological polar surface area (TPSA) is 105 Å². The zero-order chi connectivity index (χ0) is 18.1. The first-order valence-electron chi connectivity index (χ1n) is 6.79. The van der Waals surface area contributed by atoms with Crippen LogP contribution in [0, 0.1) is 0 Å². The van der Waals surface area contributed by atoms with E-state index < -0.39 is 30.4 Å². The molecule has 0 aromatic heterocycles. The Bertz CT molecular complexity index is 636. The van der Waals surface area contributed by atoms with Crippen molar-refractivity contribution in [3.8, 4) is 0 Å². The molecule has 3 N–H and O–H groups in total. The van der Waals surface area contributed by atoms with E-state index in [-0.39, 0.29) is 23.8 Å². The van der Waals surface area contributed by atoms with Gasteiger partial charge in [-0.1, -0.05) is 29.3 Å². The van der Waals surface area contributed by atoms with E-state index in [1.165, 1.54) is 24.3 Å². The molecule has 0 fully saturated rings. The summed E-state index contributed by atoms with van der Waals surface area (Å²) >= 11 is 11.6. The molecule has 0 saturated carbocycles. The summed E-state index contributed by atoms with van der Waals surface area (Å²) in [4.78, 5) is 34.7. The fourth-order valence-corrected chi connectivity index (χ4v) is 1.89. The number of hydrogen-bond donors (Lipinski definition) is 3. The monoisotopic (exact) mass is 374 g/mol. The average molecular weight is 375 g/mol. The normalized spacial score (nSPS) is 11.4. The molecule has 0 aliphatic carbocycles. The first-order chi connectivity index (χ1) is 11.3. The van der Waals surface area contributed by atoms with Gasteiger partial charge in [0.1, 0.15) is 0 Å². The van der Waals surface area contributed by atoms with Crippen molar-refractivity contribution in [1.29, 1.82) is 0 Å². The maximum Gasteiger partial charge on any atom is 0.328 e.